The minimum absolute atomic E-state index is 0.0573. The maximum absolute atomic E-state index is 12.3. The Bertz CT molecular complexity index is 710. The lowest BCUT2D eigenvalue weighted by atomic mass is 10.0. The van der Waals surface area contributed by atoms with Gasteiger partial charge in [-0.2, -0.15) is 0 Å². The molecule has 0 unspecified atom stereocenters. The minimum atomic E-state index is -0.433. The minimum Gasteiger partial charge on any atom is -0.438 e. The van der Waals surface area contributed by atoms with E-state index in [4.69, 9.17) is 10.5 Å². The number of aromatic nitrogens is 1. The number of nitrogens with zero attached hydrogens (tertiary/aromatic N) is 1. The number of benzene rings is 1. The zero-order chi connectivity index (χ0) is 14.1. The van der Waals surface area contributed by atoms with E-state index in [1.165, 1.54) is 0 Å². The van der Waals surface area contributed by atoms with Gasteiger partial charge in [0, 0.05) is 18.2 Å². The zero-order valence-electron chi connectivity index (χ0n) is 10.6. The molecule has 0 bridgehead atoms. The highest BCUT2D eigenvalue weighted by Crippen LogP contribution is 2.32. The third-order valence-electron chi connectivity index (χ3n) is 3.13. The quantitative estimate of drug-likeness (QED) is 0.897. The third kappa shape index (κ3) is 2.25. The first-order chi connectivity index (χ1) is 9.63. The van der Waals surface area contributed by atoms with Crippen LogP contribution in [0.25, 0.3) is 0 Å². The van der Waals surface area contributed by atoms with Crippen molar-refractivity contribution in [1.82, 2.24) is 4.98 Å². The molecule has 0 saturated carbocycles. The summed E-state index contributed by atoms with van der Waals surface area (Å²) in [7, 11) is 0. The molecule has 100 valence electrons. The smallest absolute Gasteiger partial charge is 0.222 e. The van der Waals surface area contributed by atoms with Crippen molar-refractivity contribution in [2.45, 2.75) is 12.8 Å². The van der Waals surface area contributed by atoms with Crippen LogP contribution >= 0.6 is 0 Å². The fourth-order valence-electron chi connectivity index (χ4n) is 2.22. The predicted molar refractivity (Wildman–Crippen MR) is 71.7 cm³/mol. The monoisotopic (exact) mass is 268 g/mol. The first-order valence-corrected chi connectivity index (χ1v) is 6.19. The molecule has 2 aromatic rings. The molecule has 1 aromatic carbocycles. The maximum atomic E-state index is 12.3. The number of ketones is 1. The van der Waals surface area contributed by atoms with Crippen LogP contribution in [-0.2, 0) is 17.6 Å². The Morgan fingerprint density at radius 3 is 3.00 bits per heavy atom. The summed E-state index contributed by atoms with van der Waals surface area (Å²) < 4.78 is 5.68. The molecule has 20 heavy (non-hydrogen) atoms. The number of carbonyl (C=O) groups excluding carboxylic acids is 2. The van der Waals surface area contributed by atoms with Gasteiger partial charge in [0.1, 0.15) is 5.75 Å². The van der Waals surface area contributed by atoms with Gasteiger partial charge in [-0.3, -0.25) is 9.59 Å². The largest absolute Gasteiger partial charge is 0.438 e. The molecule has 5 nitrogen and oxygen atoms in total. The van der Waals surface area contributed by atoms with Gasteiger partial charge in [-0.05, 0) is 23.8 Å². The van der Waals surface area contributed by atoms with Crippen LogP contribution in [0.5, 0.6) is 11.6 Å². The van der Waals surface area contributed by atoms with Gasteiger partial charge in [-0.25, -0.2) is 4.98 Å². The van der Waals surface area contributed by atoms with Crippen LogP contribution in [0, 0.1) is 0 Å². The van der Waals surface area contributed by atoms with Crippen LogP contribution in [0.1, 0.15) is 21.5 Å². The number of hydrogen-bond donors (Lipinski definition) is 1. The van der Waals surface area contributed by atoms with Crippen molar-refractivity contribution in [2.75, 3.05) is 0 Å². The highest BCUT2D eigenvalue weighted by Gasteiger charge is 2.22. The number of rotatable bonds is 2. The van der Waals surface area contributed by atoms with Gasteiger partial charge in [0.25, 0.3) is 0 Å². The van der Waals surface area contributed by atoms with Gasteiger partial charge in [-0.15, -0.1) is 0 Å². The maximum Gasteiger partial charge on any atom is 0.222 e. The first kappa shape index (κ1) is 12.3. The van der Waals surface area contributed by atoms with Crippen LogP contribution in [-0.4, -0.2) is 16.7 Å². The Morgan fingerprint density at radius 2 is 2.20 bits per heavy atom. The molecule has 1 aliphatic rings. The number of fused-ring (bicyclic) bond motifs is 2. The van der Waals surface area contributed by atoms with Gasteiger partial charge in [0.2, 0.25) is 11.8 Å². The molecule has 5 heteroatoms. The van der Waals surface area contributed by atoms with Crippen molar-refractivity contribution in [1.29, 1.82) is 0 Å². The number of carbonyl (C=O) groups is 2. The molecule has 0 atom stereocenters. The molecule has 2 N–H and O–H groups in total. The first-order valence-electron chi connectivity index (χ1n) is 6.19. The molecule has 1 amide bonds. The van der Waals surface area contributed by atoms with Crippen LogP contribution in [0.4, 0.5) is 0 Å². The highest BCUT2D eigenvalue weighted by atomic mass is 16.5. The van der Waals surface area contributed by atoms with Gasteiger partial charge in [-0.1, -0.05) is 12.1 Å². The molecular formula is C15H12N2O3. The summed E-state index contributed by atoms with van der Waals surface area (Å²) >= 11 is 0. The van der Waals surface area contributed by atoms with Crippen molar-refractivity contribution in [3.05, 3.63) is 53.2 Å². The van der Waals surface area contributed by atoms with Gasteiger partial charge in [0.05, 0.1) is 12.0 Å². The summed E-state index contributed by atoms with van der Waals surface area (Å²) in [6.45, 7) is 0. The standard InChI is InChI=1S/C15H12N2O3/c16-14(19)7-9-3-4-13-11(6-9)12(18)8-10-2-1-5-17-15(10)20-13/h1-6H,7-8H2,(H2,16,19). The summed E-state index contributed by atoms with van der Waals surface area (Å²) in [5.74, 6) is 0.415. The van der Waals surface area contributed by atoms with Gasteiger partial charge in [0.15, 0.2) is 5.78 Å². The summed E-state index contributed by atoms with van der Waals surface area (Å²) in [5.41, 5.74) is 7.09. The second-order valence-corrected chi connectivity index (χ2v) is 4.64. The van der Waals surface area contributed by atoms with Crippen LogP contribution in [0.3, 0.4) is 0 Å². The van der Waals surface area contributed by atoms with Crippen molar-refractivity contribution in [3.63, 3.8) is 0 Å². The number of amides is 1. The van der Waals surface area contributed by atoms with E-state index in [1.54, 1.807) is 30.5 Å². The average Bonchev–Trinajstić information content (AvgIpc) is 2.54. The molecule has 0 aliphatic carbocycles. The van der Waals surface area contributed by atoms with E-state index < -0.39 is 5.91 Å². The van der Waals surface area contributed by atoms with Gasteiger partial charge < -0.3 is 10.5 Å². The lowest BCUT2D eigenvalue weighted by Gasteiger charge is -2.08. The highest BCUT2D eigenvalue weighted by molar-refractivity contribution is 6.01. The molecule has 3 rings (SSSR count). The Labute approximate surface area is 115 Å². The molecule has 0 fully saturated rings. The van der Waals surface area contributed by atoms with Crippen molar-refractivity contribution >= 4 is 11.7 Å². The third-order valence-corrected chi connectivity index (χ3v) is 3.13. The van der Waals surface area contributed by atoms with E-state index >= 15 is 0 Å². The molecule has 0 radical (unpaired) electrons. The van der Waals surface area contributed by atoms with E-state index in [0.717, 1.165) is 5.56 Å². The molecule has 0 spiro atoms. The van der Waals surface area contributed by atoms with Crippen molar-refractivity contribution in [2.24, 2.45) is 5.73 Å². The lowest BCUT2D eigenvalue weighted by Crippen LogP contribution is -2.14. The number of hydrogen-bond acceptors (Lipinski definition) is 4. The SMILES string of the molecule is NC(=O)Cc1ccc2c(c1)C(=O)Cc1cccnc1O2. The molecule has 1 aliphatic heterocycles. The number of ether oxygens (including phenoxy) is 1. The predicted octanol–water partition coefficient (Wildman–Crippen LogP) is 1.64. The molecule has 0 saturated heterocycles. The van der Waals surface area contributed by atoms with Crippen molar-refractivity contribution in [3.8, 4) is 11.6 Å². The van der Waals surface area contributed by atoms with E-state index in [2.05, 4.69) is 4.98 Å². The summed E-state index contributed by atoms with van der Waals surface area (Å²) in [6.07, 6.45) is 1.96. The summed E-state index contributed by atoms with van der Waals surface area (Å²) in [5, 5.41) is 0. The van der Waals surface area contributed by atoms with Crippen LogP contribution < -0.4 is 10.5 Å². The summed E-state index contributed by atoms with van der Waals surface area (Å²) in [6, 6.07) is 8.65. The Kier molecular flexibility index (Phi) is 2.95. The Balaban J connectivity index is 2.04. The fourth-order valence-corrected chi connectivity index (χ4v) is 2.22. The molecule has 2 heterocycles. The van der Waals surface area contributed by atoms with Crippen molar-refractivity contribution < 1.29 is 14.3 Å². The van der Waals surface area contributed by atoms with E-state index in [-0.39, 0.29) is 18.6 Å². The van der Waals surface area contributed by atoms with Crippen LogP contribution in [0.2, 0.25) is 0 Å². The Morgan fingerprint density at radius 1 is 1.35 bits per heavy atom. The lowest BCUT2D eigenvalue weighted by molar-refractivity contribution is -0.117. The van der Waals surface area contributed by atoms with E-state index in [0.29, 0.717) is 22.8 Å². The number of nitrogens with two attached hydrogens (primary N) is 1. The van der Waals surface area contributed by atoms with E-state index in [1.807, 2.05) is 6.07 Å². The average molecular weight is 268 g/mol. The molecule has 1 aromatic heterocycles. The van der Waals surface area contributed by atoms with Gasteiger partial charge >= 0.3 is 0 Å². The topological polar surface area (TPSA) is 82.3 Å². The fraction of sp³-hybridized carbons (Fsp3) is 0.133. The number of Topliss-reactive ketones (excluding diaryl/α,β-unsaturated/α-hetero) is 1. The van der Waals surface area contributed by atoms with E-state index in [9.17, 15) is 9.59 Å². The normalized spacial score (nSPS) is 12.9. The summed E-state index contributed by atoms with van der Waals surface area (Å²) in [4.78, 5) is 27.4. The second kappa shape index (κ2) is 4.77. The number of pyridine rings is 1. The Hall–Kier alpha value is -2.69. The number of primary amides is 1. The zero-order valence-corrected chi connectivity index (χ0v) is 10.6. The second-order valence-electron chi connectivity index (χ2n) is 4.64. The van der Waals surface area contributed by atoms with Crippen LogP contribution in [0.15, 0.2) is 36.5 Å². The molecular weight excluding hydrogens is 256 g/mol.